The molecule has 2 aromatic heterocycles. The van der Waals surface area contributed by atoms with E-state index in [9.17, 15) is 10.1 Å². The summed E-state index contributed by atoms with van der Waals surface area (Å²) in [5.74, 6) is 1.60. The number of nitro benzene ring substituents is 1. The van der Waals surface area contributed by atoms with Crippen molar-refractivity contribution in [1.29, 1.82) is 0 Å². The van der Waals surface area contributed by atoms with Crippen molar-refractivity contribution in [3.05, 3.63) is 93.8 Å². The highest BCUT2D eigenvalue weighted by atomic mass is 16.6. The second kappa shape index (κ2) is 8.54. The lowest BCUT2D eigenvalue weighted by molar-refractivity contribution is -0.384. The lowest BCUT2D eigenvalue weighted by Gasteiger charge is -2.09. The van der Waals surface area contributed by atoms with E-state index in [0.717, 1.165) is 17.0 Å². The maximum Gasteiger partial charge on any atom is 0.270 e. The number of nitrogens with zero attached hydrogens (tertiary/aromatic N) is 6. The predicted octanol–water partition coefficient (Wildman–Crippen LogP) is 4.30. The van der Waals surface area contributed by atoms with E-state index in [1.54, 1.807) is 22.9 Å². The Labute approximate surface area is 178 Å². The average Bonchev–Trinajstić information content (AvgIpc) is 3.12. The van der Waals surface area contributed by atoms with Gasteiger partial charge in [-0.15, -0.1) is 0 Å². The van der Waals surface area contributed by atoms with Crippen molar-refractivity contribution in [2.75, 3.05) is 5.43 Å². The number of hydrogen-bond acceptors (Lipinski definition) is 7. The van der Waals surface area contributed by atoms with E-state index in [1.807, 2.05) is 50.2 Å². The summed E-state index contributed by atoms with van der Waals surface area (Å²) in [4.78, 5) is 19.7. The highest BCUT2D eigenvalue weighted by molar-refractivity contribution is 5.81. The number of aromatic nitrogens is 4. The van der Waals surface area contributed by atoms with Crippen LogP contribution >= 0.6 is 0 Å². The molecular formula is C22H19N7O2. The number of benzene rings is 2. The van der Waals surface area contributed by atoms with Gasteiger partial charge in [0.25, 0.3) is 5.69 Å². The summed E-state index contributed by atoms with van der Waals surface area (Å²) in [6, 6.07) is 19.6. The van der Waals surface area contributed by atoms with Crippen molar-refractivity contribution in [3.63, 3.8) is 0 Å². The second-order valence-corrected chi connectivity index (χ2v) is 6.86. The van der Waals surface area contributed by atoms with E-state index in [0.29, 0.717) is 23.0 Å². The number of nitro groups is 1. The van der Waals surface area contributed by atoms with Crippen molar-refractivity contribution in [2.45, 2.75) is 13.8 Å². The lowest BCUT2D eigenvalue weighted by Crippen LogP contribution is -2.06. The van der Waals surface area contributed by atoms with Crippen LogP contribution in [0.2, 0.25) is 0 Å². The molecule has 0 aliphatic rings. The molecule has 0 spiro atoms. The Kier molecular flexibility index (Phi) is 5.48. The second-order valence-electron chi connectivity index (χ2n) is 6.86. The first-order chi connectivity index (χ1) is 15.0. The van der Waals surface area contributed by atoms with Gasteiger partial charge in [-0.05, 0) is 19.9 Å². The van der Waals surface area contributed by atoms with Crippen LogP contribution in [-0.2, 0) is 0 Å². The lowest BCUT2D eigenvalue weighted by atomic mass is 10.2. The van der Waals surface area contributed by atoms with Gasteiger partial charge in [0.1, 0.15) is 0 Å². The molecule has 9 nitrogen and oxygen atoms in total. The van der Waals surface area contributed by atoms with E-state index in [1.165, 1.54) is 18.3 Å². The third-order valence-electron chi connectivity index (χ3n) is 4.44. The van der Waals surface area contributed by atoms with Gasteiger partial charge in [0, 0.05) is 35.0 Å². The molecule has 4 rings (SSSR count). The molecule has 9 heteroatoms. The summed E-state index contributed by atoms with van der Waals surface area (Å²) in [7, 11) is 0. The highest BCUT2D eigenvalue weighted by Gasteiger charge is 2.11. The van der Waals surface area contributed by atoms with Gasteiger partial charge in [0.05, 0.1) is 16.8 Å². The Morgan fingerprint density at radius 1 is 1.03 bits per heavy atom. The standard InChI is InChI=1S/C22H19N7O2/c1-15-11-16(2)28(27-15)21-13-20(24-22(25-21)18-8-4-3-5-9-18)26-23-14-17-7-6-10-19(12-17)29(30)31/h3-14H,1-2H3,(H,24,25,26)/b23-14-. The summed E-state index contributed by atoms with van der Waals surface area (Å²) in [5.41, 5.74) is 6.18. The molecule has 0 saturated heterocycles. The van der Waals surface area contributed by atoms with Crippen LogP contribution in [-0.4, -0.2) is 30.9 Å². The Bertz CT molecular complexity index is 1270. The molecule has 0 aliphatic heterocycles. The number of aryl methyl sites for hydroxylation is 2. The summed E-state index contributed by atoms with van der Waals surface area (Å²) in [6.07, 6.45) is 1.50. The van der Waals surface area contributed by atoms with Gasteiger partial charge in [-0.1, -0.05) is 42.5 Å². The highest BCUT2D eigenvalue weighted by Crippen LogP contribution is 2.21. The van der Waals surface area contributed by atoms with Crippen LogP contribution in [0.3, 0.4) is 0 Å². The van der Waals surface area contributed by atoms with Crippen LogP contribution in [0.4, 0.5) is 11.5 Å². The van der Waals surface area contributed by atoms with Crippen molar-refractivity contribution in [3.8, 4) is 17.2 Å². The van der Waals surface area contributed by atoms with Crippen LogP contribution in [0.25, 0.3) is 17.2 Å². The van der Waals surface area contributed by atoms with Crippen LogP contribution in [0.1, 0.15) is 17.0 Å². The minimum atomic E-state index is -0.442. The number of nitrogens with one attached hydrogen (secondary N) is 1. The van der Waals surface area contributed by atoms with Crippen LogP contribution < -0.4 is 5.43 Å². The minimum absolute atomic E-state index is 0.00386. The molecule has 4 aromatic rings. The molecule has 31 heavy (non-hydrogen) atoms. The zero-order valence-electron chi connectivity index (χ0n) is 16.9. The maximum absolute atomic E-state index is 10.9. The minimum Gasteiger partial charge on any atom is -0.261 e. The zero-order valence-corrected chi connectivity index (χ0v) is 16.9. The number of rotatable bonds is 6. The Morgan fingerprint density at radius 2 is 1.84 bits per heavy atom. The van der Waals surface area contributed by atoms with E-state index in [2.05, 4.69) is 25.6 Å². The average molecular weight is 413 g/mol. The van der Waals surface area contributed by atoms with Crippen molar-refractivity contribution < 1.29 is 4.92 Å². The summed E-state index contributed by atoms with van der Waals surface area (Å²) in [5, 5.41) is 19.6. The van der Waals surface area contributed by atoms with E-state index >= 15 is 0 Å². The first kappa shape index (κ1) is 19.9. The molecule has 0 bridgehead atoms. The smallest absolute Gasteiger partial charge is 0.261 e. The zero-order chi connectivity index (χ0) is 21.8. The Hall–Kier alpha value is -4.40. The molecule has 2 aromatic carbocycles. The monoisotopic (exact) mass is 413 g/mol. The summed E-state index contributed by atoms with van der Waals surface area (Å²) < 4.78 is 1.75. The molecule has 2 heterocycles. The third-order valence-corrected chi connectivity index (χ3v) is 4.44. The number of hydrogen-bond donors (Lipinski definition) is 1. The van der Waals surface area contributed by atoms with E-state index in [-0.39, 0.29) is 5.69 Å². The number of non-ortho nitro benzene ring substituents is 1. The largest absolute Gasteiger partial charge is 0.270 e. The molecule has 154 valence electrons. The fourth-order valence-electron chi connectivity index (χ4n) is 3.07. The first-order valence-electron chi connectivity index (χ1n) is 9.51. The van der Waals surface area contributed by atoms with E-state index in [4.69, 9.17) is 0 Å². The summed E-state index contributed by atoms with van der Waals surface area (Å²) >= 11 is 0. The van der Waals surface area contributed by atoms with E-state index < -0.39 is 4.92 Å². The summed E-state index contributed by atoms with van der Waals surface area (Å²) in [6.45, 7) is 3.88. The van der Waals surface area contributed by atoms with Gasteiger partial charge in [-0.2, -0.15) is 10.2 Å². The van der Waals surface area contributed by atoms with Crippen molar-refractivity contribution in [2.24, 2.45) is 5.10 Å². The van der Waals surface area contributed by atoms with Crippen molar-refractivity contribution >= 4 is 17.7 Å². The molecule has 0 saturated carbocycles. The predicted molar refractivity (Wildman–Crippen MR) is 118 cm³/mol. The van der Waals surface area contributed by atoms with Crippen LogP contribution in [0.5, 0.6) is 0 Å². The molecule has 0 atom stereocenters. The molecule has 1 N–H and O–H groups in total. The molecule has 0 fully saturated rings. The Balaban J connectivity index is 1.68. The fraction of sp³-hybridized carbons (Fsp3) is 0.0909. The van der Waals surface area contributed by atoms with Gasteiger partial charge in [-0.3, -0.25) is 15.5 Å². The quantitative estimate of drug-likeness (QED) is 0.287. The molecule has 0 amide bonds. The maximum atomic E-state index is 10.9. The third kappa shape index (κ3) is 4.61. The molecule has 0 aliphatic carbocycles. The van der Waals surface area contributed by atoms with Crippen LogP contribution in [0, 0.1) is 24.0 Å². The molecule has 0 unspecified atom stereocenters. The fourth-order valence-corrected chi connectivity index (χ4v) is 3.07. The number of anilines is 1. The van der Waals surface area contributed by atoms with Gasteiger partial charge in [0.2, 0.25) is 0 Å². The first-order valence-corrected chi connectivity index (χ1v) is 9.51. The number of hydrazone groups is 1. The van der Waals surface area contributed by atoms with Crippen LogP contribution in [0.15, 0.2) is 71.8 Å². The van der Waals surface area contributed by atoms with Gasteiger partial charge >= 0.3 is 0 Å². The molecule has 0 radical (unpaired) electrons. The van der Waals surface area contributed by atoms with Gasteiger partial charge in [-0.25, -0.2) is 14.6 Å². The molecular weight excluding hydrogens is 394 g/mol. The van der Waals surface area contributed by atoms with Gasteiger partial charge in [0.15, 0.2) is 17.5 Å². The Morgan fingerprint density at radius 3 is 2.55 bits per heavy atom. The van der Waals surface area contributed by atoms with Gasteiger partial charge < -0.3 is 0 Å². The normalized spacial score (nSPS) is 11.0. The SMILES string of the molecule is Cc1cc(C)n(-c2cc(N/N=C\c3cccc([N+](=O)[O-])c3)nc(-c3ccccc3)n2)n1. The van der Waals surface area contributed by atoms with Crippen molar-refractivity contribution in [1.82, 2.24) is 19.7 Å². The topological polar surface area (TPSA) is 111 Å².